The standard InChI is InChI=1S/C19H16GeO2/c21-16-22-20(17-10-4-1-5-11-17,18-12-6-2-7-13-18)19-14-8-3-9-15-19/h1-16H. The van der Waals surface area contributed by atoms with E-state index < -0.39 is 13.6 Å². The van der Waals surface area contributed by atoms with Crippen LogP contribution in [0, 0.1) is 0 Å². The van der Waals surface area contributed by atoms with Crippen LogP contribution in [-0.2, 0) is 8.56 Å². The Morgan fingerprint density at radius 2 is 0.909 bits per heavy atom. The van der Waals surface area contributed by atoms with Gasteiger partial charge in [0.05, 0.1) is 0 Å². The van der Waals surface area contributed by atoms with Gasteiger partial charge in [-0.1, -0.05) is 0 Å². The maximum atomic E-state index is 11.4. The summed E-state index contributed by atoms with van der Waals surface area (Å²) in [6.07, 6.45) is 0. The summed E-state index contributed by atoms with van der Waals surface area (Å²) in [7, 11) is 0. The van der Waals surface area contributed by atoms with Crippen molar-refractivity contribution in [2.24, 2.45) is 0 Å². The van der Waals surface area contributed by atoms with Crippen molar-refractivity contribution in [1.82, 2.24) is 0 Å². The van der Waals surface area contributed by atoms with Crippen LogP contribution in [0.4, 0.5) is 0 Å². The third-order valence-corrected chi connectivity index (χ3v) is 11.9. The van der Waals surface area contributed by atoms with Crippen molar-refractivity contribution in [2.45, 2.75) is 0 Å². The molecule has 0 spiro atoms. The van der Waals surface area contributed by atoms with E-state index in [2.05, 4.69) is 36.4 Å². The summed E-state index contributed by atoms with van der Waals surface area (Å²) in [5.74, 6) is 0. The minimum atomic E-state index is -3.44. The summed E-state index contributed by atoms with van der Waals surface area (Å²) < 4.78 is 9.21. The predicted molar refractivity (Wildman–Crippen MR) is 91.1 cm³/mol. The van der Waals surface area contributed by atoms with E-state index in [9.17, 15) is 4.79 Å². The molecule has 0 aliphatic carbocycles. The second-order valence-corrected chi connectivity index (χ2v) is 12.0. The molecule has 0 aliphatic heterocycles. The summed E-state index contributed by atoms with van der Waals surface area (Å²) in [5, 5.41) is 0. The fourth-order valence-corrected chi connectivity index (χ4v) is 10.2. The van der Waals surface area contributed by atoms with Crippen molar-refractivity contribution < 1.29 is 8.56 Å². The fourth-order valence-electron chi connectivity index (χ4n) is 2.79. The van der Waals surface area contributed by atoms with E-state index in [0.29, 0.717) is 6.47 Å². The number of carbonyl (C=O) groups excluding carboxylic acids is 1. The first-order chi connectivity index (χ1) is 10.9. The SMILES string of the molecule is O=C[O][Ge]([c]1ccccc1)([c]1ccccc1)[c]1ccccc1. The van der Waals surface area contributed by atoms with Gasteiger partial charge < -0.3 is 0 Å². The van der Waals surface area contributed by atoms with Gasteiger partial charge in [-0.3, -0.25) is 0 Å². The van der Waals surface area contributed by atoms with Crippen LogP contribution in [0.5, 0.6) is 0 Å². The van der Waals surface area contributed by atoms with Gasteiger partial charge in [-0.2, -0.15) is 0 Å². The summed E-state index contributed by atoms with van der Waals surface area (Å²) in [6, 6.07) is 30.3. The Balaban J connectivity index is 2.31. The van der Waals surface area contributed by atoms with E-state index >= 15 is 0 Å². The second kappa shape index (κ2) is 6.62. The molecule has 0 amide bonds. The van der Waals surface area contributed by atoms with Crippen LogP contribution in [-0.4, -0.2) is 20.1 Å². The summed E-state index contributed by atoms with van der Waals surface area (Å²) >= 11 is -3.44. The number of hydrogen-bond acceptors (Lipinski definition) is 2. The van der Waals surface area contributed by atoms with Crippen LogP contribution in [0.25, 0.3) is 0 Å². The second-order valence-electron chi connectivity index (χ2n) is 4.99. The van der Waals surface area contributed by atoms with E-state index in [0.717, 1.165) is 13.2 Å². The molecule has 0 atom stereocenters. The molecular formula is C19H16GeO2. The predicted octanol–water partition coefficient (Wildman–Crippen LogP) is 1.83. The summed E-state index contributed by atoms with van der Waals surface area (Å²) in [6.45, 7) is 0.604. The van der Waals surface area contributed by atoms with Gasteiger partial charge >= 0.3 is 133 Å². The van der Waals surface area contributed by atoms with Crippen LogP contribution in [0.2, 0.25) is 0 Å². The van der Waals surface area contributed by atoms with Gasteiger partial charge in [-0.05, 0) is 0 Å². The van der Waals surface area contributed by atoms with Gasteiger partial charge in [0.2, 0.25) is 0 Å². The molecule has 0 saturated carbocycles. The Bertz CT molecular complexity index is 630. The molecule has 3 aromatic carbocycles. The molecule has 0 saturated heterocycles. The Morgan fingerprint density at radius 1 is 0.591 bits per heavy atom. The van der Waals surface area contributed by atoms with Crippen LogP contribution < -0.4 is 13.2 Å². The van der Waals surface area contributed by atoms with E-state index in [1.807, 2.05) is 54.6 Å². The van der Waals surface area contributed by atoms with E-state index in [1.54, 1.807) is 0 Å². The number of rotatable bonds is 5. The van der Waals surface area contributed by atoms with E-state index in [1.165, 1.54) is 0 Å². The topological polar surface area (TPSA) is 26.3 Å². The van der Waals surface area contributed by atoms with Crippen molar-refractivity contribution in [3.05, 3.63) is 91.0 Å². The molecule has 0 unspecified atom stereocenters. The zero-order valence-electron chi connectivity index (χ0n) is 12.1. The first-order valence-electron chi connectivity index (χ1n) is 7.16. The molecule has 0 aromatic heterocycles. The quantitative estimate of drug-likeness (QED) is 0.519. The molecule has 108 valence electrons. The molecule has 0 bridgehead atoms. The Labute approximate surface area is 133 Å². The molecule has 22 heavy (non-hydrogen) atoms. The first-order valence-corrected chi connectivity index (χ1v) is 11.2. The van der Waals surface area contributed by atoms with Crippen molar-refractivity contribution in [3.63, 3.8) is 0 Å². The van der Waals surface area contributed by atoms with Gasteiger partial charge in [-0.25, -0.2) is 0 Å². The minimum absolute atomic E-state index is 0.604. The zero-order valence-corrected chi connectivity index (χ0v) is 14.2. The monoisotopic (exact) mass is 350 g/mol. The third kappa shape index (κ3) is 2.58. The van der Waals surface area contributed by atoms with Crippen LogP contribution in [0.1, 0.15) is 0 Å². The molecule has 3 heteroatoms. The van der Waals surface area contributed by atoms with Crippen LogP contribution in [0.3, 0.4) is 0 Å². The van der Waals surface area contributed by atoms with Gasteiger partial charge in [0, 0.05) is 0 Å². The number of benzene rings is 3. The number of hydrogen-bond donors (Lipinski definition) is 0. The molecule has 3 aromatic rings. The van der Waals surface area contributed by atoms with Crippen molar-refractivity contribution in [1.29, 1.82) is 0 Å². The van der Waals surface area contributed by atoms with Gasteiger partial charge in [0.1, 0.15) is 0 Å². The molecule has 0 heterocycles. The fraction of sp³-hybridized carbons (Fsp3) is 0. The molecule has 0 N–H and O–H groups in total. The van der Waals surface area contributed by atoms with Crippen LogP contribution in [0.15, 0.2) is 91.0 Å². The van der Waals surface area contributed by atoms with E-state index in [-0.39, 0.29) is 0 Å². The Morgan fingerprint density at radius 3 is 1.18 bits per heavy atom. The van der Waals surface area contributed by atoms with Gasteiger partial charge in [0.15, 0.2) is 0 Å². The van der Waals surface area contributed by atoms with Crippen molar-refractivity contribution >= 4 is 33.3 Å². The molecule has 0 radical (unpaired) electrons. The van der Waals surface area contributed by atoms with Crippen molar-refractivity contribution in [2.75, 3.05) is 0 Å². The average Bonchev–Trinajstić information content (AvgIpc) is 2.62. The average molecular weight is 349 g/mol. The Kier molecular flexibility index (Phi) is 4.40. The van der Waals surface area contributed by atoms with Crippen LogP contribution >= 0.6 is 0 Å². The van der Waals surface area contributed by atoms with Crippen molar-refractivity contribution in [3.8, 4) is 0 Å². The number of carbonyl (C=O) groups is 1. The molecule has 0 fully saturated rings. The third-order valence-electron chi connectivity index (χ3n) is 3.77. The normalized spacial score (nSPS) is 10.9. The molecule has 2 nitrogen and oxygen atoms in total. The van der Waals surface area contributed by atoms with Gasteiger partial charge in [0.25, 0.3) is 0 Å². The van der Waals surface area contributed by atoms with Gasteiger partial charge in [-0.15, -0.1) is 0 Å². The molecule has 3 rings (SSSR count). The first kappa shape index (κ1) is 14.6. The Hall–Kier alpha value is -2.33. The zero-order chi connectivity index (χ0) is 15.3. The summed E-state index contributed by atoms with van der Waals surface area (Å²) in [4.78, 5) is 11.4. The maximum absolute atomic E-state index is 11.4. The summed E-state index contributed by atoms with van der Waals surface area (Å²) in [5.41, 5.74) is 0. The molecular weight excluding hydrogens is 333 g/mol. The van der Waals surface area contributed by atoms with E-state index in [4.69, 9.17) is 3.76 Å². The molecule has 0 aliphatic rings.